The lowest BCUT2D eigenvalue weighted by Gasteiger charge is -2.10. The fraction of sp³-hybridized carbons (Fsp3) is 0.333. The van der Waals surface area contributed by atoms with E-state index in [9.17, 15) is 4.79 Å². The van der Waals surface area contributed by atoms with E-state index in [-0.39, 0.29) is 12.1 Å². The third-order valence-electron chi connectivity index (χ3n) is 2.04. The number of hydrogen-bond acceptors (Lipinski definition) is 2. The zero-order valence-corrected chi connectivity index (χ0v) is 12.5. The number of alkyl halides is 3. The minimum Gasteiger partial charge on any atom is -0.343 e. The molecule has 1 aromatic rings. The van der Waals surface area contributed by atoms with Gasteiger partial charge < -0.3 is 4.57 Å². The lowest BCUT2D eigenvalue weighted by molar-refractivity contribution is 0.0988. The zero-order valence-electron chi connectivity index (χ0n) is 8.10. The molecule has 3 nitrogen and oxygen atoms in total. The Labute approximate surface area is 121 Å². The maximum atomic E-state index is 11.8. The fourth-order valence-corrected chi connectivity index (χ4v) is 2.38. The van der Waals surface area contributed by atoms with Crippen LogP contribution in [0.3, 0.4) is 0 Å². The normalized spacial score (nSPS) is 11.2. The van der Waals surface area contributed by atoms with Crippen LogP contribution in [0.5, 0.6) is 0 Å². The molecule has 7 heteroatoms. The zero-order chi connectivity index (χ0) is 12.5. The number of aromatic nitrogens is 1. The van der Waals surface area contributed by atoms with Gasteiger partial charge in [-0.25, -0.2) is 0 Å². The van der Waals surface area contributed by atoms with E-state index in [2.05, 4.69) is 0 Å². The summed E-state index contributed by atoms with van der Waals surface area (Å²) in [6, 6.07) is 3.63. The lowest BCUT2D eigenvalue weighted by Crippen LogP contribution is -2.22. The maximum Gasteiger partial charge on any atom is 0.255 e. The van der Waals surface area contributed by atoms with Crippen LogP contribution in [0.4, 0.5) is 0 Å². The quantitative estimate of drug-likeness (QED) is 0.441. The molecule has 0 atom stereocenters. The molecule has 0 aromatic carbocycles. The first-order valence-electron chi connectivity index (χ1n) is 4.11. The average Bonchev–Trinajstić information content (AvgIpc) is 2.43. The minimum atomic E-state index is -1.97. The average molecular weight is 391 g/mol. The molecule has 0 aliphatic rings. The van der Waals surface area contributed by atoms with Crippen LogP contribution < -0.4 is 0 Å². The molecule has 0 aliphatic heterocycles. The van der Waals surface area contributed by atoms with Crippen LogP contribution in [-0.4, -0.2) is 14.1 Å². The number of rotatable bonds is 2. The Morgan fingerprint density at radius 3 is 2.62 bits per heavy atom. The number of Topliss-reactive ketones (excluding diaryl/α,β-unsaturated/α-hetero) is 1. The third-order valence-corrected chi connectivity index (χ3v) is 3.49. The van der Waals surface area contributed by atoms with Crippen LogP contribution in [0.15, 0.2) is 6.07 Å². The Kier molecular flexibility index (Phi) is 4.52. The predicted molar refractivity (Wildman–Crippen MR) is 72.1 cm³/mol. The number of nitrogens with zero attached hydrogens (tertiary/aromatic N) is 2. The van der Waals surface area contributed by atoms with Crippen molar-refractivity contribution in [2.45, 2.75) is 10.2 Å². The second-order valence-electron chi connectivity index (χ2n) is 3.05. The van der Waals surface area contributed by atoms with Crippen LogP contribution in [0.2, 0.25) is 0 Å². The van der Waals surface area contributed by atoms with Gasteiger partial charge in [0.2, 0.25) is 5.78 Å². The standard InChI is InChI=1S/C9H6Cl3IN2O/c1-15-6(2-3-14)5(13)4-7(15)8(16)9(10,11)12/h4H,2H2,1H3. The van der Waals surface area contributed by atoms with Crippen LogP contribution >= 0.6 is 57.4 Å². The summed E-state index contributed by atoms with van der Waals surface area (Å²) in [6.07, 6.45) is 0.210. The highest BCUT2D eigenvalue weighted by atomic mass is 127. The second-order valence-corrected chi connectivity index (χ2v) is 6.49. The third kappa shape index (κ3) is 2.83. The SMILES string of the molecule is Cn1c(C(=O)C(Cl)(Cl)Cl)cc(I)c1CC#N. The summed E-state index contributed by atoms with van der Waals surface area (Å²) in [5.41, 5.74) is 1.02. The van der Waals surface area contributed by atoms with Gasteiger partial charge in [0.05, 0.1) is 18.2 Å². The number of nitriles is 1. The highest BCUT2D eigenvalue weighted by Gasteiger charge is 2.34. The van der Waals surface area contributed by atoms with Crippen LogP contribution in [0, 0.1) is 14.9 Å². The molecule has 0 radical (unpaired) electrons. The summed E-state index contributed by atoms with van der Waals surface area (Å²) >= 11 is 18.6. The summed E-state index contributed by atoms with van der Waals surface area (Å²) in [4.78, 5) is 11.8. The monoisotopic (exact) mass is 390 g/mol. The molecule has 0 saturated carbocycles. The largest absolute Gasteiger partial charge is 0.343 e. The van der Waals surface area contributed by atoms with E-state index in [0.29, 0.717) is 0 Å². The molecular formula is C9H6Cl3IN2O. The van der Waals surface area contributed by atoms with Gasteiger partial charge in [0, 0.05) is 16.3 Å². The van der Waals surface area contributed by atoms with E-state index in [1.165, 1.54) is 0 Å². The van der Waals surface area contributed by atoms with E-state index in [1.807, 2.05) is 28.7 Å². The Morgan fingerprint density at radius 2 is 2.19 bits per heavy atom. The van der Waals surface area contributed by atoms with Crippen molar-refractivity contribution in [2.24, 2.45) is 7.05 Å². The van der Waals surface area contributed by atoms with Gasteiger partial charge in [-0.15, -0.1) is 0 Å². The van der Waals surface area contributed by atoms with Gasteiger partial charge in [-0.2, -0.15) is 5.26 Å². The molecule has 0 spiro atoms. The topological polar surface area (TPSA) is 45.8 Å². The Hall–Kier alpha value is 0.0400. The van der Waals surface area contributed by atoms with Crippen molar-refractivity contribution >= 4 is 63.2 Å². The first-order valence-corrected chi connectivity index (χ1v) is 6.33. The Bertz CT molecular complexity index is 470. The van der Waals surface area contributed by atoms with E-state index in [4.69, 9.17) is 40.1 Å². The molecule has 1 rings (SSSR count). The van der Waals surface area contributed by atoms with Crippen molar-refractivity contribution in [3.8, 4) is 6.07 Å². The van der Waals surface area contributed by atoms with Crippen LogP contribution in [-0.2, 0) is 13.5 Å². The Morgan fingerprint density at radius 1 is 1.62 bits per heavy atom. The summed E-state index contributed by atoms with van der Waals surface area (Å²) in [5, 5.41) is 8.65. The van der Waals surface area contributed by atoms with Crippen molar-refractivity contribution in [3.63, 3.8) is 0 Å². The summed E-state index contributed by atoms with van der Waals surface area (Å²) in [5.74, 6) is -0.595. The lowest BCUT2D eigenvalue weighted by atomic mass is 10.3. The summed E-state index contributed by atoms with van der Waals surface area (Å²) < 4.78 is 0.410. The molecule has 0 fully saturated rings. The van der Waals surface area contributed by atoms with Crippen molar-refractivity contribution in [1.29, 1.82) is 5.26 Å². The number of carbonyl (C=O) groups excluding carboxylic acids is 1. The smallest absolute Gasteiger partial charge is 0.255 e. The van der Waals surface area contributed by atoms with Crippen molar-refractivity contribution in [1.82, 2.24) is 4.57 Å². The van der Waals surface area contributed by atoms with E-state index in [0.717, 1.165) is 9.26 Å². The van der Waals surface area contributed by atoms with E-state index < -0.39 is 9.58 Å². The molecule has 0 N–H and O–H groups in total. The molecule has 16 heavy (non-hydrogen) atoms. The van der Waals surface area contributed by atoms with Gasteiger partial charge in [-0.3, -0.25) is 4.79 Å². The first-order chi connectivity index (χ1) is 7.29. The van der Waals surface area contributed by atoms with E-state index in [1.54, 1.807) is 17.7 Å². The summed E-state index contributed by atoms with van der Waals surface area (Å²) in [7, 11) is 1.67. The van der Waals surface area contributed by atoms with Gasteiger partial charge in [0.25, 0.3) is 3.79 Å². The minimum absolute atomic E-state index is 0.210. The fourth-order valence-electron chi connectivity index (χ4n) is 1.25. The molecule has 0 unspecified atom stereocenters. The first kappa shape index (κ1) is 14.1. The van der Waals surface area contributed by atoms with Gasteiger partial charge in [-0.05, 0) is 28.7 Å². The summed E-state index contributed by atoms with van der Waals surface area (Å²) in [6.45, 7) is 0. The molecule has 0 saturated heterocycles. The van der Waals surface area contributed by atoms with Gasteiger partial charge in [0.15, 0.2) is 0 Å². The molecule has 86 valence electrons. The van der Waals surface area contributed by atoms with Crippen molar-refractivity contribution in [3.05, 3.63) is 21.0 Å². The number of hydrogen-bond donors (Lipinski definition) is 0. The predicted octanol–water partition coefficient (Wildman–Crippen LogP) is 3.25. The van der Waals surface area contributed by atoms with Crippen LogP contribution in [0.1, 0.15) is 16.2 Å². The molecule has 1 heterocycles. The molecule has 0 bridgehead atoms. The molecule has 1 aromatic heterocycles. The second kappa shape index (κ2) is 5.13. The molecule has 0 aliphatic carbocycles. The van der Waals surface area contributed by atoms with Crippen molar-refractivity contribution in [2.75, 3.05) is 0 Å². The number of ketones is 1. The van der Waals surface area contributed by atoms with Gasteiger partial charge >= 0.3 is 0 Å². The molecule has 0 amide bonds. The maximum absolute atomic E-state index is 11.8. The Balaban J connectivity index is 3.24. The van der Waals surface area contributed by atoms with Gasteiger partial charge in [0.1, 0.15) is 0 Å². The molecular weight excluding hydrogens is 385 g/mol. The van der Waals surface area contributed by atoms with Gasteiger partial charge in [-0.1, -0.05) is 34.8 Å². The number of carbonyl (C=O) groups is 1. The van der Waals surface area contributed by atoms with Crippen LogP contribution in [0.25, 0.3) is 0 Å². The van der Waals surface area contributed by atoms with E-state index >= 15 is 0 Å². The van der Waals surface area contributed by atoms with Crippen molar-refractivity contribution < 1.29 is 4.79 Å². The number of halogens is 4. The highest BCUT2D eigenvalue weighted by molar-refractivity contribution is 14.1. The highest BCUT2D eigenvalue weighted by Crippen LogP contribution is 2.32.